The Morgan fingerprint density at radius 2 is 1.00 bits per heavy atom. The summed E-state index contributed by atoms with van der Waals surface area (Å²) < 4.78 is 18.1. The summed E-state index contributed by atoms with van der Waals surface area (Å²) in [7, 11) is 0. The van der Waals surface area contributed by atoms with Gasteiger partial charge in [-0.15, -0.1) is 0 Å². The lowest BCUT2D eigenvalue weighted by Crippen LogP contribution is -2.09. The molecule has 39 heavy (non-hydrogen) atoms. The van der Waals surface area contributed by atoms with Crippen LogP contribution in [0.3, 0.4) is 0 Å². The molecule has 0 heterocycles. The molecule has 0 fully saturated rings. The van der Waals surface area contributed by atoms with Gasteiger partial charge in [-0.2, -0.15) is 0 Å². The molecule has 0 N–H and O–H groups in total. The zero-order chi connectivity index (χ0) is 27.8. The first-order valence-corrected chi connectivity index (χ1v) is 13.2. The van der Waals surface area contributed by atoms with Gasteiger partial charge in [-0.1, -0.05) is 121 Å². The quantitative estimate of drug-likeness (QED) is 0.168. The average Bonchev–Trinajstić information content (AvgIpc) is 3.04. The molecule has 0 saturated heterocycles. The number of nitrogens with zero attached hydrogens (tertiary/aromatic N) is 1. The van der Waals surface area contributed by atoms with Crippen LogP contribution in [0.4, 0.5) is 17.1 Å². The maximum absolute atomic E-state index is 9.08. The van der Waals surface area contributed by atoms with Crippen molar-refractivity contribution < 1.29 is 2.74 Å². The molecule has 0 aliphatic rings. The molecule has 184 valence electrons. The van der Waals surface area contributed by atoms with Gasteiger partial charge in [0.05, 0.1) is 2.74 Å². The van der Waals surface area contributed by atoms with E-state index in [0.717, 1.165) is 44.2 Å². The number of para-hydroxylation sites is 1. The Balaban J connectivity index is 1.31. The van der Waals surface area contributed by atoms with Crippen molar-refractivity contribution in [3.63, 3.8) is 0 Å². The van der Waals surface area contributed by atoms with Crippen LogP contribution in [0.5, 0.6) is 0 Å². The molecule has 0 bridgehead atoms. The largest absolute Gasteiger partial charge is 0.310 e. The summed E-state index contributed by atoms with van der Waals surface area (Å²) in [5.41, 5.74) is 4.60. The summed E-state index contributed by atoms with van der Waals surface area (Å²) in [6, 6.07) is 52.1. The van der Waals surface area contributed by atoms with Crippen molar-refractivity contribution in [2.24, 2.45) is 0 Å². The zero-order valence-corrected chi connectivity index (χ0v) is 21.4. The summed E-state index contributed by atoms with van der Waals surface area (Å²) in [6.07, 6.45) is 0. The highest BCUT2D eigenvalue weighted by Gasteiger charge is 2.12. The molecule has 0 unspecified atom stereocenters. The van der Waals surface area contributed by atoms with Gasteiger partial charge < -0.3 is 4.90 Å². The minimum atomic E-state index is 0.203. The third-order valence-electron chi connectivity index (χ3n) is 7.24. The molecule has 1 nitrogen and oxygen atoms in total. The maximum Gasteiger partial charge on any atom is 0.0629 e. The van der Waals surface area contributed by atoms with Crippen molar-refractivity contribution in [2.45, 2.75) is 0 Å². The van der Waals surface area contributed by atoms with E-state index in [1.807, 2.05) is 78.9 Å². The normalized spacial score (nSPS) is 12.7. The van der Waals surface area contributed by atoms with Gasteiger partial charge in [-0.3, -0.25) is 0 Å². The Hall–Kier alpha value is -5.14. The first-order chi connectivity index (χ1) is 20.2. The summed E-state index contributed by atoms with van der Waals surface area (Å²) >= 11 is 0. The van der Waals surface area contributed by atoms with Crippen LogP contribution < -0.4 is 4.90 Å². The van der Waals surface area contributed by atoms with Crippen LogP contribution >= 0.6 is 0 Å². The van der Waals surface area contributed by atoms with Gasteiger partial charge in [0.25, 0.3) is 0 Å². The Kier molecular flexibility index (Phi) is 5.33. The van der Waals surface area contributed by atoms with E-state index >= 15 is 0 Å². The molecule has 1 heteroatoms. The molecule has 0 atom stereocenters. The highest BCUT2D eigenvalue weighted by atomic mass is 15.1. The van der Waals surface area contributed by atoms with E-state index in [9.17, 15) is 0 Å². The topological polar surface area (TPSA) is 3.24 Å². The van der Waals surface area contributed by atoms with Crippen LogP contribution in [0.2, 0.25) is 0 Å². The molecule has 0 radical (unpaired) electrons. The number of hydrogen-bond donors (Lipinski definition) is 0. The fraction of sp³-hybridized carbons (Fsp3) is 0. The molecule has 0 spiro atoms. The highest BCUT2D eigenvalue weighted by Crippen LogP contribution is 2.36. The van der Waals surface area contributed by atoms with E-state index in [4.69, 9.17) is 2.74 Å². The van der Waals surface area contributed by atoms with Gasteiger partial charge >= 0.3 is 0 Å². The molecule has 0 aliphatic carbocycles. The number of fused-ring (bicyclic) bond motifs is 4. The van der Waals surface area contributed by atoms with Crippen molar-refractivity contribution in [3.8, 4) is 0 Å². The monoisotopic (exact) mass is 499 g/mol. The number of benzene rings is 7. The Morgan fingerprint density at radius 1 is 0.410 bits per heavy atom. The lowest BCUT2D eigenvalue weighted by molar-refractivity contribution is 1.29. The third-order valence-corrected chi connectivity index (χ3v) is 7.24. The second-order valence-electron chi connectivity index (χ2n) is 9.69. The van der Waals surface area contributed by atoms with Gasteiger partial charge in [0.1, 0.15) is 0 Å². The molecule has 7 aromatic carbocycles. The van der Waals surface area contributed by atoms with Crippen molar-refractivity contribution in [1.82, 2.24) is 0 Å². The van der Waals surface area contributed by atoms with Crippen LogP contribution in [0.15, 0.2) is 152 Å². The number of rotatable bonds is 5. The van der Waals surface area contributed by atoms with E-state index in [1.54, 1.807) is 0 Å². The number of anilines is 3. The minimum absolute atomic E-state index is 0.203. The third kappa shape index (κ3) is 4.45. The van der Waals surface area contributed by atoms with Crippen molar-refractivity contribution in [3.05, 3.63) is 163 Å². The summed E-state index contributed by atoms with van der Waals surface area (Å²) in [5.74, 6) is 0. The predicted molar refractivity (Wildman–Crippen MR) is 169 cm³/mol. The molecule has 0 aliphatic heterocycles. The van der Waals surface area contributed by atoms with Crippen LogP contribution in [-0.4, -0.2) is 0 Å². The van der Waals surface area contributed by atoms with E-state index in [1.165, 1.54) is 10.8 Å². The molecule has 0 aromatic heterocycles. The Morgan fingerprint density at radius 3 is 1.79 bits per heavy atom. The molecular formula is C38H27N. The van der Waals surface area contributed by atoms with Crippen molar-refractivity contribution in [1.29, 1.82) is 0 Å². The molecule has 0 saturated carbocycles. The smallest absolute Gasteiger partial charge is 0.0629 e. The van der Waals surface area contributed by atoms with Gasteiger partial charge in [0.2, 0.25) is 0 Å². The second kappa shape index (κ2) is 9.96. The first kappa shape index (κ1) is 20.9. The number of hydrogen-bond acceptors (Lipinski definition) is 1. The summed E-state index contributed by atoms with van der Waals surface area (Å²) in [5, 5.41) is 6.70. The lowest BCUT2D eigenvalue weighted by Gasteiger charge is -2.26. The Bertz CT molecular complexity index is 2060. The molecule has 7 rings (SSSR count). The lowest BCUT2D eigenvalue weighted by atomic mass is 9.96. The van der Waals surface area contributed by atoms with E-state index < -0.39 is 0 Å². The SMILES string of the molecule is [2H]/C(=C(/[2H])c1cc2ccccc2c2ccccc12)c1ccc(N(c2ccccc2)c2ccc3ccccc3c2)cc1. The minimum Gasteiger partial charge on any atom is -0.310 e. The van der Waals surface area contributed by atoms with Gasteiger partial charge in [-0.25, -0.2) is 0 Å². The molecule has 7 aromatic rings. The summed E-state index contributed by atoms with van der Waals surface area (Å²) in [4.78, 5) is 2.22. The Labute approximate surface area is 231 Å². The van der Waals surface area contributed by atoms with Crippen LogP contribution in [-0.2, 0) is 0 Å². The van der Waals surface area contributed by atoms with Crippen molar-refractivity contribution in [2.75, 3.05) is 4.90 Å². The van der Waals surface area contributed by atoms with Crippen LogP contribution in [0.25, 0.3) is 44.4 Å². The van der Waals surface area contributed by atoms with Crippen molar-refractivity contribution >= 4 is 61.5 Å². The molecular weight excluding hydrogens is 470 g/mol. The average molecular weight is 500 g/mol. The molecule has 0 amide bonds. The van der Waals surface area contributed by atoms with E-state index in [2.05, 4.69) is 77.7 Å². The highest BCUT2D eigenvalue weighted by molar-refractivity contribution is 6.11. The van der Waals surface area contributed by atoms with E-state index in [-0.39, 0.29) is 12.1 Å². The second-order valence-corrected chi connectivity index (χ2v) is 9.69. The van der Waals surface area contributed by atoms with E-state index in [0.29, 0.717) is 5.56 Å². The fourth-order valence-electron chi connectivity index (χ4n) is 5.33. The first-order valence-electron chi connectivity index (χ1n) is 14.2. The fourth-order valence-corrected chi connectivity index (χ4v) is 5.33. The standard InChI is InChI=1S/C38H27N/c1-2-13-33(14-3-1)39(35-25-22-29-10-4-5-11-30(29)27-35)34-23-19-28(20-24-34)18-21-32-26-31-12-6-7-15-36(31)38-17-9-8-16-37(32)38/h1-27H/b21-18+/i18D,21D. The van der Waals surface area contributed by atoms with Gasteiger partial charge in [0.15, 0.2) is 0 Å². The van der Waals surface area contributed by atoms with Gasteiger partial charge in [-0.05, 0) is 85.9 Å². The van der Waals surface area contributed by atoms with Crippen LogP contribution in [0, 0.1) is 0 Å². The maximum atomic E-state index is 9.08. The predicted octanol–water partition coefficient (Wildman–Crippen LogP) is 10.8. The summed E-state index contributed by atoms with van der Waals surface area (Å²) in [6.45, 7) is 0. The zero-order valence-electron chi connectivity index (χ0n) is 23.4. The van der Waals surface area contributed by atoms with Crippen LogP contribution in [0.1, 0.15) is 13.9 Å². The van der Waals surface area contributed by atoms with Gasteiger partial charge in [0, 0.05) is 17.1 Å².